The predicted octanol–water partition coefficient (Wildman–Crippen LogP) is 2.38. The highest BCUT2D eigenvalue weighted by atomic mass is 16.5. The molecule has 1 aromatic carbocycles. The molecular weight excluding hydrogens is 276 g/mol. The topological polar surface area (TPSA) is 42.5 Å². The lowest BCUT2D eigenvalue weighted by atomic mass is 9.85. The molecule has 22 heavy (non-hydrogen) atoms. The van der Waals surface area contributed by atoms with Crippen LogP contribution >= 0.6 is 0 Å². The molecule has 1 fully saturated rings. The summed E-state index contributed by atoms with van der Waals surface area (Å²) in [4.78, 5) is 0. The molecule has 0 spiro atoms. The Labute approximate surface area is 134 Å². The minimum absolute atomic E-state index is 0.260. The van der Waals surface area contributed by atoms with E-state index in [1.807, 2.05) is 6.07 Å². The summed E-state index contributed by atoms with van der Waals surface area (Å²) < 4.78 is 10.6. The second-order valence-electron chi connectivity index (χ2n) is 6.15. The van der Waals surface area contributed by atoms with Crippen LogP contribution in [0.2, 0.25) is 0 Å². The lowest BCUT2D eigenvalue weighted by Crippen LogP contribution is -2.53. The summed E-state index contributed by atoms with van der Waals surface area (Å²) in [5, 5.41) is 7.27. The summed E-state index contributed by atoms with van der Waals surface area (Å²) in [5.41, 5.74) is 1.60. The molecule has 0 bridgehead atoms. The van der Waals surface area contributed by atoms with Gasteiger partial charge in [0.15, 0.2) is 0 Å². The van der Waals surface area contributed by atoms with Gasteiger partial charge in [-0.3, -0.25) is 0 Å². The highest BCUT2D eigenvalue weighted by molar-refractivity contribution is 5.28. The van der Waals surface area contributed by atoms with Gasteiger partial charge >= 0.3 is 0 Å². The first-order valence-corrected chi connectivity index (χ1v) is 8.36. The van der Waals surface area contributed by atoms with Crippen LogP contribution in [0.15, 0.2) is 24.3 Å². The van der Waals surface area contributed by atoms with Gasteiger partial charge < -0.3 is 20.1 Å². The monoisotopic (exact) mass is 306 g/mol. The van der Waals surface area contributed by atoms with Crippen LogP contribution in [0.1, 0.15) is 31.2 Å². The molecule has 124 valence electrons. The van der Waals surface area contributed by atoms with Crippen LogP contribution in [0, 0.1) is 0 Å². The number of methoxy groups -OCH3 is 2. The third-order valence-electron chi connectivity index (χ3n) is 4.62. The summed E-state index contributed by atoms with van der Waals surface area (Å²) >= 11 is 0. The van der Waals surface area contributed by atoms with Gasteiger partial charge in [0.2, 0.25) is 0 Å². The van der Waals surface area contributed by atoms with Crippen molar-refractivity contribution in [1.82, 2.24) is 10.6 Å². The Balaban J connectivity index is 1.77. The van der Waals surface area contributed by atoms with Crippen LogP contribution in [0.5, 0.6) is 5.75 Å². The molecule has 0 saturated carbocycles. The van der Waals surface area contributed by atoms with Gasteiger partial charge in [0.05, 0.1) is 7.11 Å². The van der Waals surface area contributed by atoms with Crippen molar-refractivity contribution in [2.45, 2.75) is 37.6 Å². The minimum Gasteiger partial charge on any atom is -0.497 e. The quantitative estimate of drug-likeness (QED) is 0.688. The maximum absolute atomic E-state index is 5.30. The zero-order valence-electron chi connectivity index (χ0n) is 14.0. The molecule has 1 heterocycles. The molecule has 0 aromatic heterocycles. The van der Waals surface area contributed by atoms with Crippen molar-refractivity contribution in [2.24, 2.45) is 0 Å². The SMILES string of the molecule is COCCC1(NCCCc2cccc(OC)c2)CCNCC1. The fraction of sp³-hybridized carbons (Fsp3) is 0.667. The van der Waals surface area contributed by atoms with E-state index in [0.29, 0.717) is 0 Å². The van der Waals surface area contributed by atoms with Gasteiger partial charge in [0.25, 0.3) is 0 Å². The number of hydrogen-bond acceptors (Lipinski definition) is 4. The van der Waals surface area contributed by atoms with E-state index in [1.54, 1.807) is 14.2 Å². The molecule has 0 radical (unpaired) electrons. The highest BCUT2D eigenvalue weighted by Crippen LogP contribution is 2.22. The van der Waals surface area contributed by atoms with Crippen LogP contribution in [0.3, 0.4) is 0 Å². The summed E-state index contributed by atoms with van der Waals surface area (Å²) in [6, 6.07) is 8.37. The maximum atomic E-state index is 5.30. The van der Waals surface area contributed by atoms with Crippen molar-refractivity contribution < 1.29 is 9.47 Å². The lowest BCUT2D eigenvalue weighted by molar-refractivity contribution is 0.134. The molecule has 0 amide bonds. The van der Waals surface area contributed by atoms with Crippen molar-refractivity contribution in [3.63, 3.8) is 0 Å². The van der Waals surface area contributed by atoms with Crippen molar-refractivity contribution in [2.75, 3.05) is 40.5 Å². The third-order valence-corrected chi connectivity index (χ3v) is 4.62. The Morgan fingerprint density at radius 3 is 2.77 bits per heavy atom. The molecule has 4 nitrogen and oxygen atoms in total. The zero-order chi connectivity index (χ0) is 15.7. The molecular formula is C18H30N2O2. The third kappa shape index (κ3) is 5.27. The lowest BCUT2D eigenvalue weighted by Gasteiger charge is -2.39. The van der Waals surface area contributed by atoms with Gasteiger partial charge in [-0.15, -0.1) is 0 Å². The molecule has 0 unspecified atom stereocenters. The van der Waals surface area contributed by atoms with E-state index in [9.17, 15) is 0 Å². The normalized spacial score (nSPS) is 17.4. The highest BCUT2D eigenvalue weighted by Gasteiger charge is 2.30. The molecule has 2 rings (SSSR count). The molecule has 0 atom stereocenters. The number of hydrogen-bond donors (Lipinski definition) is 2. The average molecular weight is 306 g/mol. The molecule has 2 N–H and O–H groups in total. The Bertz CT molecular complexity index is 431. The van der Waals surface area contributed by atoms with Crippen LogP contribution in [-0.4, -0.2) is 46.0 Å². The first-order valence-electron chi connectivity index (χ1n) is 8.36. The Kier molecular flexibility index (Phi) is 7.16. The largest absolute Gasteiger partial charge is 0.497 e. The second kappa shape index (κ2) is 9.13. The standard InChI is InChI=1S/C18H30N2O2/c1-21-14-10-18(8-12-19-13-9-18)20-11-4-6-16-5-3-7-17(15-16)22-2/h3,5,7,15,19-20H,4,6,8-14H2,1-2H3. The van der Waals surface area contributed by atoms with Gasteiger partial charge in [0.1, 0.15) is 5.75 Å². The number of nitrogens with one attached hydrogen (secondary N) is 2. The molecule has 4 heteroatoms. The summed E-state index contributed by atoms with van der Waals surface area (Å²) in [6.45, 7) is 4.10. The van der Waals surface area contributed by atoms with E-state index in [-0.39, 0.29) is 5.54 Å². The summed E-state index contributed by atoms with van der Waals surface area (Å²) in [5.74, 6) is 0.945. The van der Waals surface area contributed by atoms with Gasteiger partial charge in [-0.1, -0.05) is 12.1 Å². The second-order valence-corrected chi connectivity index (χ2v) is 6.15. The molecule has 1 aliphatic heterocycles. The Hall–Kier alpha value is -1.10. The van der Waals surface area contributed by atoms with Gasteiger partial charge in [-0.25, -0.2) is 0 Å². The van der Waals surface area contributed by atoms with Crippen molar-refractivity contribution in [3.8, 4) is 5.75 Å². The van der Waals surface area contributed by atoms with Crippen molar-refractivity contribution >= 4 is 0 Å². The van der Waals surface area contributed by atoms with Crippen LogP contribution < -0.4 is 15.4 Å². The average Bonchev–Trinajstić information content (AvgIpc) is 2.58. The fourth-order valence-corrected chi connectivity index (χ4v) is 3.19. The molecule has 1 aromatic rings. The van der Waals surface area contributed by atoms with Crippen molar-refractivity contribution in [3.05, 3.63) is 29.8 Å². The Morgan fingerprint density at radius 1 is 1.23 bits per heavy atom. The zero-order valence-corrected chi connectivity index (χ0v) is 14.0. The Morgan fingerprint density at radius 2 is 2.05 bits per heavy atom. The molecule has 1 aliphatic rings. The number of benzene rings is 1. The summed E-state index contributed by atoms with van der Waals surface area (Å²) in [7, 11) is 3.51. The van der Waals surface area contributed by atoms with Gasteiger partial charge in [-0.05, 0) is 69.4 Å². The van der Waals surface area contributed by atoms with Gasteiger partial charge in [-0.2, -0.15) is 0 Å². The van der Waals surface area contributed by atoms with Crippen LogP contribution in [0.25, 0.3) is 0 Å². The van der Waals surface area contributed by atoms with E-state index >= 15 is 0 Å². The first-order chi connectivity index (χ1) is 10.8. The molecule has 1 saturated heterocycles. The van der Waals surface area contributed by atoms with E-state index in [1.165, 1.54) is 18.4 Å². The number of rotatable bonds is 9. The predicted molar refractivity (Wildman–Crippen MR) is 90.6 cm³/mol. The van der Waals surface area contributed by atoms with E-state index in [4.69, 9.17) is 9.47 Å². The molecule has 0 aliphatic carbocycles. The fourth-order valence-electron chi connectivity index (χ4n) is 3.19. The van der Waals surface area contributed by atoms with E-state index in [2.05, 4.69) is 28.8 Å². The first kappa shape index (κ1) is 17.3. The summed E-state index contributed by atoms with van der Waals surface area (Å²) in [6.07, 6.45) is 5.72. The minimum atomic E-state index is 0.260. The van der Waals surface area contributed by atoms with Gasteiger partial charge in [0, 0.05) is 19.3 Å². The van der Waals surface area contributed by atoms with E-state index < -0.39 is 0 Å². The maximum Gasteiger partial charge on any atom is 0.119 e. The number of aryl methyl sites for hydroxylation is 1. The van der Waals surface area contributed by atoms with Crippen LogP contribution in [0.4, 0.5) is 0 Å². The van der Waals surface area contributed by atoms with Crippen molar-refractivity contribution in [1.29, 1.82) is 0 Å². The number of ether oxygens (including phenoxy) is 2. The van der Waals surface area contributed by atoms with E-state index in [0.717, 1.165) is 51.3 Å². The van der Waals surface area contributed by atoms with Crippen LogP contribution in [-0.2, 0) is 11.2 Å². The number of piperidine rings is 1. The smallest absolute Gasteiger partial charge is 0.119 e.